The van der Waals surface area contributed by atoms with Crippen LogP contribution in [-0.2, 0) is 4.74 Å². The van der Waals surface area contributed by atoms with E-state index >= 15 is 0 Å². The second-order valence-electron chi connectivity index (χ2n) is 3.74. The van der Waals surface area contributed by atoms with E-state index in [4.69, 9.17) is 4.74 Å². The number of thiophene rings is 1. The number of methoxy groups -OCH3 is 1. The van der Waals surface area contributed by atoms with Gasteiger partial charge in [0.2, 0.25) is 0 Å². The van der Waals surface area contributed by atoms with Crippen LogP contribution in [0.5, 0.6) is 0 Å². The van der Waals surface area contributed by atoms with E-state index in [-0.39, 0.29) is 0 Å². The Morgan fingerprint density at radius 2 is 2.33 bits per heavy atom. The molecule has 1 aromatic rings. The largest absolute Gasteiger partial charge is 0.385 e. The average molecular weight is 227 g/mol. The Kier molecular flexibility index (Phi) is 5.91. The van der Waals surface area contributed by atoms with Crippen LogP contribution in [0, 0.1) is 6.92 Å². The summed E-state index contributed by atoms with van der Waals surface area (Å²) >= 11 is 1.83. The van der Waals surface area contributed by atoms with Gasteiger partial charge in [-0.1, -0.05) is 6.92 Å². The van der Waals surface area contributed by atoms with Crippen molar-refractivity contribution in [2.45, 2.75) is 32.7 Å². The van der Waals surface area contributed by atoms with Crippen molar-refractivity contribution in [2.75, 3.05) is 20.3 Å². The number of nitrogens with one attached hydrogen (secondary N) is 1. The molecule has 2 nitrogen and oxygen atoms in total. The number of rotatable bonds is 7. The molecule has 1 atom stereocenters. The topological polar surface area (TPSA) is 21.3 Å². The third kappa shape index (κ3) is 4.33. The second kappa shape index (κ2) is 6.99. The molecule has 0 aromatic carbocycles. The molecule has 1 heterocycles. The van der Waals surface area contributed by atoms with Gasteiger partial charge < -0.3 is 10.1 Å². The Hall–Kier alpha value is -0.380. The monoisotopic (exact) mass is 227 g/mol. The summed E-state index contributed by atoms with van der Waals surface area (Å²) in [5.41, 5.74) is 1.43. The smallest absolute Gasteiger partial charge is 0.0462 e. The summed E-state index contributed by atoms with van der Waals surface area (Å²) in [4.78, 5) is 1.39. The van der Waals surface area contributed by atoms with Gasteiger partial charge in [0.1, 0.15) is 0 Å². The molecule has 1 unspecified atom stereocenters. The van der Waals surface area contributed by atoms with Crippen LogP contribution >= 0.6 is 11.3 Å². The van der Waals surface area contributed by atoms with E-state index in [9.17, 15) is 0 Å². The highest BCUT2D eigenvalue weighted by atomic mass is 32.1. The van der Waals surface area contributed by atoms with Gasteiger partial charge >= 0.3 is 0 Å². The Balaban J connectivity index is 2.49. The van der Waals surface area contributed by atoms with Crippen LogP contribution < -0.4 is 5.32 Å². The van der Waals surface area contributed by atoms with E-state index in [2.05, 4.69) is 30.6 Å². The number of aryl methyl sites for hydroxylation is 1. The third-order valence-corrected chi connectivity index (χ3v) is 3.32. The van der Waals surface area contributed by atoms with Gasteiger partial charge in [0.25, 0.3) is 0 Å². The van der Waals surface area contributed by atoms with Gasteiger partial charge in [-0.2, -0.15) is 0 Å². The van der Waals surface area contributed by atoms with Gasteiger partial charge in [-0.05, 0) is 43.3 Å². The first-order chi connectivity index (χ1) is 7.27. The highest BCUT2D eigenvalue weighted by Gasteiger charge is 2.10. The molecule has 0 spiro atoms. The minimum absolute atomic E-state index is 0.495. The van der Waals surface area contributed by atoms with Crippen molar-refractivity contribution in [2.24, 2.45) is 0 Å². The SMILES string of the molecule is CCNC(CCCOC)c1csc(C)c1. The molecule has 0 radical (unpaired) electrons. The lowest BCUT2D eigenvalue weighted by Gasteiger charge is -2.16. The quantitative estimate of drug-likeness (QED) is 0.723. The molecule has 3 heteroatoms. The van der Waals surface area contributed by atoms with E-state index in [0.29, 0.717) is 6.04 Å². The summed E-state index contributed by atoms with van der Waals surface area (Å²) in [6, 6.07) is 2.78. The normalized spacial score (nSPS) is 13.0. The minimum Gasteiger partial charge on any atom is -0.385 e. The molecule has 0 bridgehead atoms. The van der Waals surface area contributed by atoms with Crippen molar-refractivity contribution in [3.05, 3.63) is 21.9 Å². The zero-order valence-electron chi connectivity index (χ0n) is 9.88. The Labute approximate surface area is 96.7 Å². The van der Waals surface area contributed by atoms with Crippen molar-refractivity contribution in [1.29, 1.82) is 0 Å². The molecule has 15 heavy (non-hydrogen) atoms. The van der Waals surface area contributed by atoms with E-state index in [1.807, 2.05) is 11.3 Å². The maximum Gasteiger partial charge on any atom is 0.0462 e. The van der Waals surface area contributed by atoms with Gasteiger partial charge in [-0.15, -0.1) is 11.3 Å². The lowest BCUT2D eigenvalue weighted by Crippen LogP contribution is -2.20. The van der Waals surface area contributed by atoms with Gasteiger partial charge in [0.05, 0.1) is 0 Å². The molecule has 0 amide bonds. The van der Waals surface area contributed by atoms with E-state index in [1.165, 1.54) is 10.4 Å². The minimum atomic E-state index is 0.495. The van der Waals surface area contributed by atoms with Gasteiger partial charge in [0.15, 0.2) is 0 Å². The molecular formula is C12H21NOS. The summed E-state index contributed by atoms with van der Waals surface area (Å²) in [6.07, 6.45) is 2.26. The summed E-state index contributed by atoms with van der Waals surface area (Å²) in [6.45, 7) is 6.19. The molecule has 0 aliphatic rings. The molecule has 0 aliphatic heterocycles. The zero-order valence-corrected chi connectivity index (χ0v) is 10.7. The summed E-state index contributed by atoms with van der Waals surface area (Å²) < 4.78 is 5.09. The molecule has 1 N–H and O–H groups in total. The molecule has 1 rings (SSSR count). The van der Waals surface area contributed by atoms with Crippen LogP contribution in [0.15, 0.2) is 11.4 Å². The van der Waals surface area contributed by atoms with Crippen LogP contribution in [0.1, 0.15) is 36.2 Å². The Morgan fingerprint density at radius 1 is 1.53 bits per heavy atom. The molecule has 0 aliphatic carbocycles. The van der Waals surface area contributed by atoms with Crippen molar-refractivity contribution in [1.82, 2.24) is 5.32 Å². The van der Waals surface area contributed by atoms with Crippen molar-refractivity contribution in [3.63, 3.8) is 0 Å². The molecule has 1 aromatic heterocycles. The van der Waals surface area contributed by atoms with Crippen LogP contribution in [0.3, 0.4) is 0 Å². The Bertz CT molecular complexity index is 272. The summed E-state index contributed by atoms with van der Waals surface area (Å²) in [5.74, 6) is 0. The van der Waals surface area contributed by atoms with Crippen molar-refractivity contribution < 1.29 is 4.74 Å². The predicted octanol–water partition coefficient (Wildman–Crippen LogP) is 3.13. The number of hydrogen-bond acceptors (Lipinski definition) is 3. The maximum absolute atomic E-state index is 5.09. The fraction of sp³-hybridized carbons (Fsp3) is 0.667. The summed E-state index contributed by atoms with van der Waals surface area (Å²) in [7, 11) is 1.76. The number of ether oxygens (including phenoxy) is 1. The Morgan fingerprint density at radius 3 is 2.87 bits per heavy atom. The van der Waals surface area contributed by atoms with Gasteiger partial charge in [-0.25, -0.2) is 0 Å². The fourth-order valence-electron chi connectivity index (χ4n) is 1.71. The van der Waals surface area contributed by atoms with Gasteiger partial charge in [-0.3, -0.25) is 0 Å². The van der Waals surface area contributed by atoms with E-state index < -0.39 is 0 Å². The number of hydrogen-bond donors (Lipinski definition) is 1. The van der Waals surface area contributed by atoms with E-state index in [0.717, 1.165) is 26.0 Å². The third-order valence-electron chi connectivity index (χ3n) is 2.44. The zero-order chi connectivity index (χ0) is 11.1. The predicted molar refractivity (Wildman–Crippen MR) is 66.6 cm³/mol. The standard InChI is InChI=1S/C12H21NOS/c1-4-13-12(6-5-7-14-3)11-8-10(2)15-9-11/h8-9,12-13H,4-7H2,1-3H3. The summed E-state index contributed by atoms with van der Waals surface area (Å²) in [5, 5.41) is 5.78. The molecule has 0 saturated heterocycles. The van der Waals surface area contributed by atoms with Crippen LogP contribution in [0.4, 0.5) is 0 Å². The van der Waals surface area contributed by atoms with Crippen LogP contribution in [0.2, 0.25) is 0 Å². The highest BCUT2D eigenvalue weighted by molar-refractivity contribution is 7.10. The van der Waals surface area contributed by atoms with Crippen molar-refractivity contribution in [3.8, 4) is 0 Å². The molecule has 0 saturated carbocycles. The first kappa shape index (κ1) is 12.7. The lowest BCUT2D eigenvalue weighted by molar-refractivity contribution is 0.189. The molecule has 0 fully saturated rings. The second-order valence-corrected chi connectivity index (χ2v) is 4.85. The fourth-order valence-corrected chi connectivity index (χ4v) is 2.47. The first-order valence-corrected chi connectivity index (χ1v) is 6.43. The maximum atomic E-state index is 5.09. The van der Waals surface area contributed by atoms with Crippen LogP contribution in [0.25, 0.3) is 0 Å². The highest BCUT2D eigenvalue weighted by Crippen LogP contribution is 2.23. The van der Waals surface area contributed by atoms with Gasteiger partial charge in [0, 0.05) is 24.6 Å². The average Bonchev–Trinajstić information content (AvgIpc) is 2.64. The van der Waals surface area contributed by atoms with Crippen LogP contribution in [-0.4, -0.2) is 20.3 Å². The molecule has 86 valence electrons. The van der Waals surface area contributed by atoms with Crippen molar-refractivity contribution >= 4 is 11.3 Å². The van der Waals surface area contributed by atoms with E-state index in [1.54, 1.807) is 7.11 Å². The molecular weight excluding hydrogens is 206 g/mol. The lowest BCUT2D eigenvalue weighted by atomic mass is 10.1. The first-order valence-electron chi connectivity index (χ1n) is 5.55.